The predicted octanol–water partition coefficient (Wildman–Crippen LogP) is 4.56. The van der Waals surface area contributed by atoms with E-state index in [1.54, 1.807) is 0 Å². The average molecular weight is 551 g/mol. The number of nitrogens with one attached hydrogen (secondary N) is 1. The van der Waals surface area contributed by atoms with Crippen molar-refractivity contribution in [2.24, 2.45) is 11.7 Å². The van der Waals surface area contributed by atoms with Gasteiger partial charge in [-0.25, -0.2) is 0 Å². The van der Waals surface area contributed by atoms with Crippen molar-refractivity contribution < 1.29 is 14.4 Å². The highest BCUT2D eigenvalue weighted by atomic mass is 32.1. The number of benzene rings is 2. The third kappa shape index (κ3) is 6.94. The number of primary amides is 1. The van der Waals surface area contributed by atoms with Crippen molar-refractivity contribution in [3.8, 4) is 0 Å². The van der Waals surface area contributed by atoms with Crippen LogP contribution in [0.2, 0.25) is 0 Å². The number of nitrogens with zero attached hydrogens (tertiary/aromatic N) is 3. The van der Waals surface area contributed by atoms with Gasteiger partial charge in [-0.1, -0.05) is 52.0 Å². The molecule has 0 saturated heterocycles. The number of hydrogen-bond donors (Lipinski definition) is 3. The Balaban J connectivity index is 2.18. The lowest BCUT2D eigenvalue weighted by molar-refractivity contribution is -0.122. The number of carbonyl (C=O) groups excluding carboxylic acids is 3. The van der Waals surface area contributed by atoms with Crippen molar-refractivity contribution in [3.63, 3.8) is 0 Å². The van der Waals surface area contributed by atoms with E-state index in [9.17, 15) is 14.4 Å². The van der Waals surface area contributed by atoms with Gasteiger partial charge in [0, 0.05) is 32.0 Å². The Hall–Kier alpha value is -3.92. The third-order valence-electron chi connectivity index (χ3n) is 6.47. The van der Waals surface area contributed by atoms with Crippen LogP contribution in [0.5, 0.6) is 0 Å². The van der Waals surface area contributed by atoms with Gasteiger partial charge in [0.25, 0.3) is 11.8 Å². The Bertz CT molecular complexity index is 1300. The van der Waals surface area contributed by atoms with Crippen LogP contribution in [-0.2, 0) is 4.79 Å². The van der Waals surface area contributed by atoms with E-state index in [1.807, 2.05) is 67.5 Å². The maximum absolute atomic E-state index is 14.2. The van der Waals surface area contributed by atoms with Gasteiger partial charge in [-0.2, -0.15) is 4.37 Å². The Morgan fingerprint density at radius 3 is 1.97 bits per heavy atom. The Kier molecular flexibility index (Phi) is 9.69. The molecule has 3 aromatic rings. The molecule has 10 heteroatoms. The molecule has 0 spiro atoms. The minimum Gasteiger partial charge on any atom is -0.395 e. The van der Waals surface area contributed by atoms with E-state index in [1.165, 1.54) is 4.90 Å². The zero-order valence-electron chi connectivity index (χ0n) is 23.4. The van der Waals surface area contributed by atoms with E-state index in [2.05, 4.69) is 37.4 Å². The molecule has 5 N–H and O–H groups in total. The van der Waals surface area contributed by atoms with Crippen LogP contribution in [0.25, 0.3) is 0 Å². The summed E-state index contributed by atoms with van der Waals surface area (Å²) in [5.74, 6) is -1.01. The molecule has 0 saturated carbocycles. The van der Waals surface area contributed by atoms with E-state index >= 15 is 0 Å². The van der Waals surface area contributed by atoms with Gasteiger partial charge in [-0.15, -0.1) is 0 Å². The Morgan fingerprint density at radius 2 is 1.49 bits per heavy atom. The molecular weight excluding hydrogens is 512 g/mol. The first-order valence-electron chi connectivity index (χ1n) is 13.0. The number of hydrogen-bond acceptors (Lipinski definition) is 7. The van der Waals surface area contributed by atoms with E-state index < -0.39 is 17.9 Å². The predicted molar refractivity (Wildman–Crippen MR) is 158 cm³/mol. The number of amides is 3. The summed E-state index contributed by atoms with van der Waals surface area (Å²) in [7, 11) is 3.86. The highest BCUT2D eigenvalue weighted by Gasteiger charge is 2.36. The SMILES string of the molecule is CC(C)CCNC(=O)C(c1ccc(N(C)C)cc1)N(C(=O)c1snc(C(N)=O)c1N)c1ccc(C(C)C)cc1. The first-order valence-corrected chi connectivity index (χ1v) is 13.7. The summed E-state index contributed by atoms with van der Waals surface area (Å²) in [6.07, 6.45) is 0.790. The van der Waals surface area contributed by atoms with Gasteiger partial charge >= 0.3 is 0 Å². The molecule has 208 valence electrons. The third-order valence-corrected chi connectivity index (χ3v) is 7.32. The number of anilines is 3. The normalized spacial score (nSPS) is 11.9. The van der Waals surface area contributed by atoms with Gasteiger partial charge < -0.3 is 21.7 Å². The molecule has 39 heavy (non-hydrogen) atoms. The second-order valence-electron chi connectivity index (χ2n) is 10.4. The zero-order valence-corrected chi connectivity index (χ0v) is 24.2. The lowest BCUT2D eigenvalue weighted by Gasteiger charge is -2.32. The number of aromatic nitrogens is 1. The molecule has 3 amide bonds. The van der Waals surface area contributed by atoms with Crippen molar-refractivity contribution in [1.82, 2.24) is 9.69 Å². The largest absolute Gasteiger partial charge is 0.395 e. The number of rotatable bonds is 11. The van der Waals surface area contributed by atoms with Crippen LogP contribution in [0.3, 0.4) is 0 Å². The first kappa shape index (κ1) is 29.6. The lowest BCUT2D eigenvalue weighted by Crippen LogP contribution is -2.44. The van der Waals surface area contributed by atoms with Crippen LogP contribution < -0.4 is 26.6 Å². The monoisotopic (exact) mass is 550 g/mol. The summed E-state index contributed by atoms with van der Waals surface area (Å²) in [4.78, 5) is 43.2. The van der Waals surface area contributed by atoms with Crippen molar-refractivity contribution in [2.75, 3.05) is 36.2 Å². The van der Waals surface area contributed by atoms with Gasteiger partial charge in [0.15, 0.2) is 5.69 Å². The second-order valence-corrected chi connectivity index (χ2v) is 11.2. The van der Waals surface area contributed by atoms with Gasteiger partial charge in [0.05, 0.1) is 5.69 Å². The van der Waals surface area contributed by atoms with E-state index in [0.29, 0.717) is 23.7 Å². The van der Waals surface area contributed by atoms with Crippen molar-refractivity contribution in [1.29, 1.82) is 0 Å². The van der Waals surface area contributed by atoms with Crippen LogP contribution in [0.15, 0.2) is 48.5 Å². The van der Waals surface area contributed by atoms with E-state index in [4.69, 9.17) is 11.5 Å². The fraction of sp³-hybridized carbons (Fsp3) is 0.379. The molecule has 1 unspecified atom stereocenters. The number of nitrogen functional groups attached to an aromatic ring is 1. The van der Waals surface area contributed by atoms with E-state index in [-0.39, 0.29) is 28.1 Å². The molecule has 1 atom stereocenters. The lowest BCUT2D eigenvalue weighted by atomic mass is 9.99. The number of carbonyl (C=O) groups is 3. The summed E-state index contributed by atoms with van der Waals surface area (Å²) in [5.41, 5.74) is 14.5. The summed E-state index contributed by atoms with van der Waals surface area (Å²) >= 11 is 0.791. The topological polar surface area (TPSA) is 135 Å². The van der Waals surface area contributed by atoms with Crippen LogP contribution in [-0.4, -0.2) is 42.7 Å². The molecule has 0 aliphatic carbocycles. The molecule has 0 aliphatic rings. The molecule has 9 nitrogen and oxygen atoms in total. The van der Waals surface area contributed by atoms with Crippen LogP contribution >= 0.6 is 11.5 Å². The van der Waals surface area contributed by atoms with Crippen LogP contribution in [0, 0.1) is 5.92 Å². The average Bonchev–Trinajstić information content (AvgIpc) is 3.28. The first-order chi connectivity index (χ1) is 18.4. The molecular formula is C29H38N6O3S. The van der Waals surface area contributed by atoms with Gasteiger partial charge in [-0.05, 0) is 65.2 Å². The summed E-state index contributed by atoms with van der Waals surface area (Å²) < 4.78 is 4.02. The maximum Gasteiger partial charge on any atom is 0.273 e. The molecule has 2 aromatic carbocycles. The van der Waals surface area contributed by atoms with Gasteiger partial charge in [-0.3, -0.25) is 19.3 Å². The number of nitrogens with two attached hydrogens (primary N) is 2. The van der Waals surface area contributed by atoms with E-state index in [0.717, 1.165) is 29.2 Å². The Labute approximate surface area is 234 Å². The van der Waals surface area contributed by atoms with Crippen LogP contribution in [0.4, 0.5) is 17.1 Å². The summed E-state index contributed by atoms with van der Waals surface area (Å²) in [5, 5.41) is 3.01. The fourth-order valence-electron chi connectivity index (χ4n) is 4.10. The smallest absolute Gasteiger partial charge is 0.273 e. The fourth-order valence-corrected chi connectivity index (χ4v) is 4.84. The molecule has 0 aliphatic heterocycles. The van der Waals surface area contributed by atoms with Crippen molar-refractivity contribution >= 4 is 46.3 Å². The second kappa shape index (κ2) is 12.8. The summed E-state index contributed by atoms with van der Waals surface area (Å²) in [6, 6.07) is 14.0. The molecule has 0 bridgehead atoms. The van der Waals surface area contributed by atoms with Gasteiger partial charge in [0.2, 0.25) is 5.91 Å². The molecule has 1 heterocycles. The minimum absolute atomic E-state index is 0.0432. The molecule has 1 aromatic heterocycles. The van der Waals surface area contributed by atoms with Gasteiger partial charge in [0.1, 0.15) is 10.9 Å². The highest BCUT2D eigenvalue weighted by Crippen LogP contribution is 2.34. The Morgan fingerprint density at radius 1 is 0.923 bits per heavy atom. The minimum atomic E-state index is -1.01. The van der Waals surface area contributed by atoms with Crippen LogP contribution in [0.1, 0.15) is 77.4 Å². The molecule has 0 radical (unpaired) electrons. The highest BCUT2D eigenvalue weighted by molar-refractivity contribution is 7.09. The van der Waals surface area contributed by atoms with Crippen molar-refractivity contribution in [2.45, 2.75) is 46.1 Å². The summed E-state index contributed by atoms with van der Waals surface area (Å²) in [6.45, 7) is 8.79. The maximum atomic E-state index is 14.2. The molecule has 3 rings (SSSR count). The van der Waals surface area contributed by atoms with Crippen molar-refractivity contribution in [3.05, 3.63) is 70.2 Å². The quantitative estimate of drug-likeness (QED) is 0.320. The zero-order chi connectivity index (χ0) is 28.9. The standard InChI is InChI=1S/C29H38N6O3S/c1-17(2)15-16-32-28(37)25(20-9-11-21(12-10-20)34(5)6)35(22-13-7-19(8-14-22)18(3)4)29(38)26-23(30)24(27(31)36)33-39-26/h7-14,17-18,25H,15-16,30H2,1-6H3,(H2,31,36)(H,32,37). The molecule has 0 fully saturated rings.